The molecule has 8 nitrogen and oxygen atoms in total. The summed E-state index contributed by atoms with van der Waals surface area (Å²) < 4.78 is 42.8. The van der Waals surface area contributed by atoms with Gasteiger partial charge >= 0.3 is 6.36 Å². The highest BCUT2D eigenvalue weighted by Gasteiger charge is 2.32. The van der Waals surface area contributed by atoms with Gasteiger partial charge in [-0.3, -0.25) is 9.69 Å². The van der Waals surface area contributed by atoms with Crippen molar-refractivity contribution >= 4 is 45.9 Å². The first-order chi connectivity index (χ1) is 21.9. The third-order valence-corrected chi connectivity index (χ3v) is 8.39. The van der Waals surface area contributed by atoms with E-state index in [0.717, 1.165) is 40.8 Å². The molecule has 1 saturated heterocycles. The molecule has 0 radical (unpaired) electrons. The summed E-state index contributed by atoms with van der Waals surface area (Å²) in [7, 11) is 0. The van der Waals surface area contributed by atoms with Gasteiger partial charge in [0.1, 0.15) is 12.1 Å². The Morgan fingerprint density at radius 3 is 2.59 bits per heavy atom. The third kappa shape index (κ3) is 8.32. The molecule has 0 aliphatic carbocycles. The van der Waals surface area contributed by atoms with Crippen molar-refractivity contribution in [3.05, 3.63) is 89.7 Å². The van der Waals surface area contributed by atoms with Crippen LogP contribution < -0.4 is 15.0 Å². The molecule has 240 valence electrons. The van der Waals surface area contributed by atoms with Gasteiger partial charge in [-0.25, -0.2) is 9.67 Å². The van der Waals surface area contributed by atoms with Gasteiger partial charge in [0.25, 0.3) is 0 Å². The molecule has 1 unspecified atom stereocenters. The van der Waals surface area contributed by atoms with Gasteiger partial charge in [0.05, 0.1) is 17.1 Å². The Morgan fingerprint density at radius 2 is 1.87 bits per heavy atom. The lowest BCUT2D eigenvalue weighted by atomic mass is 9.99. The monoisotopic (exact) mass is 666 g/mol. The second kappa shape index (κ2) is 14.0. The van der Waals surface area contributed by atoms with E-state index in [-0.39, 0.29) is 23.6 Å². The second-order valence-corrected chi connectivity index (χ2v) is 12.6. The Balaban J connectivity index is 1.20. The molecular weight excluding hydrogens is 634 g/mol. The minimum Gasteiger partial charge on any atom is -0.406 e. The number of carbonyl (C=O) groups excluding carboxylic acids is 1. The lowest BCUT2D eigenvalue weighted by Crippen LogP contribution is -2.34. The number of aliphatic imine (C=N–C) groups is 1. The molecule has 2 heterocycles. The molecule has 1 aliphatic rings. The smallest absolute Gasteiger partial charge is 0.406 e. The summed E-state index contributed by atoms with van der Waals surface area (Å²) in [4.78, 5) is 23.6. The van der Waals surface area contributed by atoms with Gasteiger partial charge in [0.2, 0.25) is 5.91 Å². The molecule has 46 heavy (non-hydrogen) atoms. The van der Waals surface area contributed by atoms with E-state index in [1.165, 1.54) is 47.0 Å². The summed E-state index contributed by atoms with van der Waals surface area (Å²) in [6.07, 6.45) is -1.72. The van der Waals surface area contributed by atoms with E-state index in [9.17, 15) is 18.0 Å². The molecule has 4 aromatic rings. The predicted octanol–water partition coefficient (Wildman–Crippen LogP) is 7.60. The maximum absolute atomic E-state index is 12.9. The van der Waals surface area contributed by atoms with E-state index in [1.54, 1.807) is 4.90 Å². The quantitative estimate of drug-likeness (QED) is 0.184. The number of ether oxygens (including phenoxy) is 1. The lowest BCUT2D eigenvalue weighted by Gasteiger charge is -2.22. The zero-order valence-electron chi connectivity index (χ0n) is 25.7. The average Bonchev–Trinajstić information content (AvgIpc) is 3.62. The Morgan fingerprint density at radius 1 is 1.11 bits per heavy atom. The Kier molecular flexibility index (Phi) is 10.1. The van der Waals surface area contributed by atoms with Crippen molar-refractivity contribution in [2.45, 2.75) is 58.9 Å². The van der Waals surface area contributed by atoms with Gasteiger partial charge in [-0.15, -0.1) is 18.3 Å². The van der Waals surface area contributed by atoms with Crippen molar-refractivity contribution in [3.8, 4) is 22.8 Å². The van der Waals surface area contributed by atoms with Crippen LogP contribution in [0.25, 0.3) is 17.1 Å². The first-order valence-electron chi connectivity index (χ1n) is 14.7. The Bertz CT molecular complexity index is 1750. The van der Waals surface area contributed by atoms with Crippen LogP contribution in [0.15, 0.2) is 78.0 Å². The fraction of sp³-hybridized carbons (Fsp3) is 0.303. The van der Waals surface area contributed by atoms with Gasteiger partial charge in [0.15, 0.2) is 16.1 Å². The minimum absolute atomic E-state index is 0.0141. The number of nitrogens with one attached hydrogen (secondary N) is 1. The van der Waals surface area contributed by atoms with E-state index in [1.807, 2.05) is 44.2 Å². The van der Waals surface area contributed by atoms with Crippen molar-refractivity contribution < 1.29 is 22.7 Å². The molecule has 5 rings (SSSR count). The zero-order chi connectivity index (χ0) is 33.0. The highest BCUT2D eigenvalue weighted by atomic mass is 32.2. The van der Waals surface area contributed by atoms with Crippen molar-refractivity contribution in [2.24, 2.45) is 4.99 Å². The number of hydrogen-bond acceptors (Lipinski definition) is 6. The van der Waals surface area contributed by atoms with E-state index >= 15 is 0 Å². The summed E-state index contributed by atoms with van der Waals surface area (Å²) in [5.41, 5.74) is 5.45. The van der Waals surface area contributed by atoms with Crippen molar-refractivity contribution in [1.82, 2.24) is 20.1 Å². The maximum Gasteiger partial charge on any atom is 0.573 e. The fourth-order valence-electron chi connectivity index (χ4n) is 4.99. The van der Waals surface area contributed by atoms with E-state index < -0.39 is 6.36 Å². The number of benzene rings is 3. The molecule has 0 saturated carbocycles. The number of nitrogens with zero attached hydrogens (tertiary/aromatic N) is 5. The number of amides is 1. The van der Waals surface area contributed by atoms with Crippen LogP contribution in [0.2, 0.25) is 0 Å². The van der Waals surface area contributed by atoms with E-state index in [0.29, 0.717) is 27.5 Å². The Labute approximate surface area is 275 Å². The molecule has 1 aliphatic heterocycles. The van der Waals surface area contributed by atoms with E-state index in [2.05, 4.69) is 51.1 Å². The van der Waals surface area contributed by atoms with Crippen LogP contribution >= 0.6 is 24.0 Å². The van der Waals surface area contributed by atoms with Crippen molar-refractivity contribution in [1.29, 1.82) is 0 Å². The lowest BCUT2D eigenvalue weighted by molar-refractivity contribution is -0.274. The number of hydrogen-bond donors (Lipinski definition) is 1. The maximum atomic E-state index is 12.9. The predicted molar refractivity (Wildman–Crippen MR) is 180 cm³/mol. The second-order valence-electron chi connectivity index (χ2n) is 11.3. The van der Waals surface area contributed by atoms with Gasteiger partial charge in [0, 0.05) is 11.6 Å². The number of rotatable bonds is 9. The normalized spacial score (nSPS) is 15.1. The number of aromatic nitrogens is 3. The molecule has 1 amide bonds. The van der Waals surface area contributed by atoms with Crippen LogP contribution in [0.5, 0.6) is 5.75 Å². The average molecular weight is 667 g/mol. The van der Waals surface area contributed by atoms with Gasteiger partial charge in [-0.1, -0.05) is 55.9 Å². The number of alkyl halides is 3. The van der Waals surface area contributed by atoms with Crippen LogP contribution in [0.4, 0.5) is 18.9 Å². The van der Waals surface area contributed by atoms with Crippen LogP contribution in [-0.4, -0.2) is 49.1 Å². The summed E-state index contributed by atoms with van der Waals surface area (Å²) in [6.45, 7) is 8.25. The number of amidine groups is 1. The molecule has 0 spiro atoms. The molecule has 1 fully saturated rings. The number of aryl methyl sites for hydroxylation is 2. The fourth-order valence-corrected chi connectivity index (χ4v) is 6.20. The van der Waals surface area contributed by atoms with Crippen LogP contribution in [0, 0.1) is 6.92 Å². The molecule has 1 N–H and O–H groups in total. The van der Waals surface area contributed by atoms with Gasteiger partial charge in [-0.05, 0) is 97.9 Å². The number of carbonyl (C=O) groups is 1. The van der Waals surface area contributed by atoms with Crippen LogP contribution in [0.3, 0.4) is 0 Å². The van der Waals surface area contributed by atoms with Gasteiger partial charge < -0.3 is 10.1 Å². The molecule has 1 atom stereocenters. The minimum atomic E-state index is -4.75. The molecule has 3 aromatic carbocycles. The Hall–Kier alpha value is -4.23. The standard InChI is InChI=1S/C33H33F3N6O2S2/c1-20(2)27-15-8-21(3)16-28(27)42-29(43)18-46-32(42)39-31(45)38-22(4)9-10-23-6-5-7-24(17-23)30-37-19-41(40-30)25-11-13-26(14-12-25)44-33(34,35)36/h5-8,11-17,19-20,22H,9-10,18H2,1-4H3,(H,38,45). The summed E-state index contributed by atoms with van der Waals surface area (Å²) in [6, 6.07) is 19.5. The number of thioether (sulfide) groups is 1. The number of halogens is 3. The van der Waals surface area contributed by atoms with Gasteiger partial charge in [-0.2, -0.15) is 4.99 Å². The van der Waals surface area contributed by atoms with Crippen molar-refractivity contribution in [3.63, 3.8) is 0 Å². The molecular formula is C33H33F3N6O2S2. The summed E-state index contributed by atoms with van der Waals surface area (Å²) in [5.74, 6) is 0.726. The topological polar surface area (TPSA) is 84.6 Å². The first kappa shape index (κ1) is 33.1. The highest BCUT2D eigenvalue weighted by Crippen LogP contribution is 2.34. The third-order valence-electron chi connectivity index (χ3n) is 7.26. The first-order valence-corrected chi connectivity index (χ1v) is 16.1. The van der Waals surface area contributed by atoms with E-state index in [4.69, 9.17) is 12.2 Å². The SMILES string of the molecule is Cc1ccc(C(C)C)c(N2C(=O)CSC2=NC(=S)NC(C)CCc2cccc(-c3ncn(-c4ccc(OC(F)(F)F)cc4)n3)c2)c1. The largest absolute Gasteiger partial charge is 0.573 e. The molecule has 13 heteroatoms. The number of anilines is 1. The highest BCUT2D eigenvalue weighted by molar-refractivity contribution is 8.15. The number of thiocarbonyl (C=S) groups is 1. The summed E-state index contributed by atoms with van der Waals surface area (Å²) >= 11 is 6.97. The zero-order valence-corrected chi connectivity index (χ0v) is 27.3. The van der Waals surface area contributed by atoms with Crippen molar-refractivity contribution in [2.75, 3.05) is 10.7 Å². The van der Waals surface area contributed by atoms with Crippen LogP contribution in [-0.2, 0) is 11.2 Å². The molecule has 0 bridgehead atoms. The molecule has 1 aromatic heterocycles. The summed E-state index contributed by atoms with van der Waals surface area (Å²) in [5, 5.41) is 8.70. The van der Waals surface area contributed by atoms with Crippen LogP contribution in [0.1, 0.15) is 49.8 Å².